The van der Waals surface area contributed by atoms with Gasteiger partial charge in [-0.2, -0.15) is 4.98 Å². The zero-order valence-corrected chi connectivity index (χ0v) is 11.0. The van der Waals surface area contributed by atoms with Gasteiger partial charge >= 0.3 is 0 Å². The Morgan fingerprint density at radius 3 is 2.25 bits per heavy atom. The molecule has 0 aromatic carbocycles. The van der Waals surface area contributed by atoms with Crippen LogP contribution in [0, 0.1) is 0 Å². The van der Waals surface area contributed by atoms with Crippen molar-refractivity contribution in [2.45, 2.75) is 45.2 Å². The molecule has 2 N–H and O–H groups in total. The molecule has 0 amide bonds. The topological polar surface area (TPSA) is 68.2 Å². The third-order valence-corrected chi connectivity index (χ3v) is 3.07. The fourth-order valence-corrected chi connectivity index (χ4v) is 1.13. The summed E-state index contributed by atoms with van der Waals surface area (Å²) in [4.78, 5) is 6.38. The number of hydrogen-bond acceptors (Lipinski definition) is 5. The van der Waals surface area contributed by atoms with Gasteiger partial charge in [0, 0.05) is 5.54 Å². The Bertz CT molecular complexity index is 349. The van der Waals surface area contributed by atoms with Crippen molar-refractivity contribution in [3.05, 3.63) is 11.7 Å². The summed E-state index contributed by atoms with van der Waals surface area (Å²) in [5.41, 5.74) is 5.37. The van der Waals surface area contributed by atoms with Gasteiger partial charge in [0.25, 0.3) is 0 Å². The largest absolute Gasteiger partial charge is 0.339 e. The minimum Gasteiger partial charge on any atom is -0.339 e. The zero-order chi connectivity index (χ0) is 12.6. The Balaban J connectivity index is 2.93. The Hall–Kier alpha value is -0.940. The third-order valence-electron chi connectivity index (χ3n) is 3.07. The second-order valence-corrected chi connectivity index (χ2v) is 5.60. The monoisotopic (exact) mass is 226 g/mol. The van der Waals surface area contributed by atoms with E-state index >= 15 is 0 Å². The summed E-state index contributed by atoms with van der Waals surface area (Å²) in [5.74, 6) is 1.29. The molecule has 0 bridgehead atoms. The van der Waals surface area contributed by atoms with Gasteiger partial charge in [-0.1, -0.05) is 5.16 Å². The first-order valence-electron chi connectivity index (χ1n) is 5.41. The maximum atomic E-state index is 6.12. The maximum absolute atomic E-state index is 6.12. The number of hydrogen-bond donors (Lipinski definition) is 1. The van der Waals surface area contributed by atoms with Crippen LogP contribution in [0.3, 0.4) is 0 Å². The molecule has 0 radical (unpaired) electrons. The first-order chi connectivity index (χ1) is 7.14. The zero-order valence-electron chi connectivity index (χ0n) is 11.0. The predicted octanol–water partition coefficient (Wildman–Crippen LogP) is 1.15. The SMILES string of the molecule is CN(C)Cc1noc(C(C)(C)C(C)(C)N)n1. The van der Waals surface area contributed by atoms with Crippen LogP contribution in [0.15, 0.2) is 4.52 Å². The number of rotatable bonds is 4. The van der Waals surface area contributed by atoms with E-state index in [2.05, 4.69) is 10.1 Å². The van der Waals surface area contributed by atoms with Crippen LogP contribution >= 0.6 is 0 Å². The van der Waals surface area contributed by atoms with Crippen molar-refractivity contribution in [1.82, 2.24) is 15.0 Å². The lowest BCUT2D eigenvalue weighted by Gasteiger charge is -2.34. The molecule has 0 aliphatic rings. The quantitative estimate of drug-likeness (QED) is 0.834. The van der Waals surface area contributed by atoms with Crippen molar-refractivity contribution >= 4 is 0 Å². The average Bonchev–Trinajstić information content (AvgIpc) is 2.49. The molecule has 1 heterocycles. The van der Waals surface area contributed by atoms with Crippen LogP contribution in [0.5, 0.6) is 0 Å². The maximum Gasteiger partial charge on any atom is 0.234 e. The molecule has 5 nitrogen and oxygen atoms in total. The summed E-state index contributed by atoms with van der Waals surface area (Å²) in [6, 6.07) is 0. The standard InChI is InChI=1S/C11H22N4O/c1-10(2,11(3,4)12)9-13-8(14-16-9)7-15(5)6/h7,12H2,1-6H3. The molecule has 1 aromatic heterocycles. The minimum atomic E-state index is -0.408. The minimum absolute atomic E-state index is 0.343. The van der Waals surface area contributed by atoms with Gasteiger partial charge in [0.1, 0.15) is 0 Å². The third kappa shape index (κ3) is 2.59. The molecule has 0 aliphatic heterocycles. The molecule has 1 aromatic rings. The molecule has 1 rings (SSSR count). The molecular weight excluding hydrogens is 204 g/mol. The second kappa shape index (κ2) is 4.14. The second-order valence-electron chi connectivity index (χ2n) is 5.60. The van der Waals surface area contributed by atoms with E-state index < -0.39 is 5.54 Å². The van der Waals surface area contributed by atoms with Gasteiger partial charge < -0.3 is 15.2 Å². The predicted molar refractivity (Wildman–Crippen MR) is 63.0 cm³/mol. The normalized spacial score (nSPS) is 13.5. The first-order valence-corrected chi connectivity index (χ1v) is 5.41. The van der Waals surface area contributed by atoms with Gasteiger partial charge in [0.2, 0.25) is 5.89 Å². The van der Waals surface area contributed by atoms with E-state index in [9.17, 15) is 0 Å². The molecule has 0 unspecified atom stereocenters. The van der Waals surface area contributed by atoms with E-state index in [1.54, 1.807) is 0 Å². The van der Waals surface area contributed by atoms with Crippen molar-refractivity contribution < 1.29 is 4.52 Å². The summed E-state index contributed by atoms with van der Waals surface area (Å²) in [5, 5.41) is 3.95. The van der Waals surface area contributed by atoms with Crippen molar-refractivity contribution in [2.75, 3.05) is 14.1 Å². The highest BCUT2D eigenvalue weighted by atomic mass is 16.5. The molecule has 5 heteroatoms. The number of nitrogens with two attached hydrogens (primary N) is 1. The van der Waals surface area contributed by atoms with Crippen LogP contribution in [-0.4, -0.2) is 34.7 Å². The van der Waals surface area contributed by atoms with Gasteiger partial charge in [-0.15, -0.1) is 0 Å². The molecule has 0 fully saturated rings. The van der Waals surface area contributed by atoms with E-state index in [0.29, 0.717) is 18.3 Å². The molecule has 0 aliphatic carbocycles. The summed E-state index contributed by atoms with van der Waals surface area (Å²) in [7, 11) is 3.93. The van der Waals surface area contributed by atoms with E-state index in [1.165, 1.54) is 0 Å². The van der Waals surface area contributed by atoms with Crippen LogP contribution in [-0.2, 0) is 12.0 Å². The lowest BCUT2D eigenvalue weighted by atomic mass is 9.75. The number of nitrogens with zero attached hydrogens (tertiary/aromatic N) is 3. The van der Waals surface area contributed by atoms with E-state index in [-0.39, 0.29) is 5.41 Å². The van der Waals surface area contributed by atoms with Gasteiger partial charge in [0.05, 0.1) is 12.0 Å². The highest BCUT2D eigenvalue weighted by Crippen LogP contribution is 2.31. The van der Waals surface area contributed by atoms with Crippen molar-refractivity contribution in [2.24, 2.45) is 5.73 Å². The van der Waals surface area contributed by atoms with Crippen LogP contribution in [0.1, 0.15) is 39.4 Å². The highest BCUT2D eigenvalue weighted by Gasteiger charge is 2.40. The fourth-order valence-electron chi connectivity index (χ4n) is 1.13. The van der Waals surface area contributed by atoms with Crippen LogP contribution in [0.25, 0.3) is 0 Å². The van der Waals surface area contributed by atoms with Crippen LogP contribution in [0.4, 0.5) is 0 Å². The smallest absolute Gasteiger partial charge is 0.234 e. The Kier molecular flexibility index (Phi) is 3.40. The Morgan fingerprint density at radius 1 is 1.25 bits per heavy atom. The Labute approximate surface area is 97.0 Å². The highest BCUT2D eigenvalue weighted by molar-refractivity contribution is 5.10. The van der Waals surface area contributed by atoms with E-state index in [0.717, 1.165) is 0 Å². The molecule has 0 saturated heterocycles. The van der Waals surface area contributed by atoms with Gasteiger partial charge in [-0.05, 0) is 41.8 Å². The molecular formula is C11H22N4O. The molecule has 0 saturated carbocycles. The molecule has 0 spiro atoms. The number of aromatic nitrogens is 2. The van der Waals surface area contributed by atoms with Crippen molar-refractivity contribution in [3.63, 3.8) is 0 Å². The van der Waals surface area contributed by atoms with Crippen LogP contribution < -0.4 is 5.73 Å². The molecule has 0 atom stereocenters. The summed E-state index contributed by atoms with van der Waals surface area (Å²) in [6.07, 6.45) is 0. The summed E-state index contributed by atoms with van der Waals surface area (Å²) in [6.45, 7) is 8.62. The lowest BCUT2D eigenvalue weighted by molar-refractivity contribution is 0.222. The van der Waals surface area contributed by atoms with Gasteiger partial charge in [-0.25, -0.2) is 0 Å². The summed E-state index contributed by atoms with van der Waals surface area (Å²) >= 11 is 0. The van der Waals surface area contributed by atoms with Crippen LogP contribution in [0.2, 0.25) is 0 Å². The average molecular weight is 226 g/mol. The fraction of sp³-hybridized carbons (Fsp3) is 0.818. The van der Waals surface area contributed by atoms with E-state index in [1.807, 2.05) is 46.7 Å². The van der Waals surface area contributed by atoms with Crippen molar-refractivity contribution in [1.29, 1.82) is 0 Å². The first kappa shape index (κ1) is 13.1. The Morgan fingerprint density at radius 2 is 1.81 bits per heavy atom. The van der Waals surface area contributed by atoms with Crippen molar-refractivity contribution in [3.8, 4) is 0 Å². The van der Waals surface area contributed by atoms with Gasteiger partial charge in [-0.3, -0.25) is 0 Å². The molecule has 92 valence electrons. The van der Waals surface area contributed by atoms with Gasteiger partial charge in [0.15, 0.2) is 5.82 Å². The summed E-state index contributed by atoms with van der Waals surface area (Å²) < 4.78 is 5.29. The van der Waals surface area contributed by atoms with E-state index in [4.69, 9.17) is 10.3 Å². The lowest BCUT2D eigenvalue weighted by Crippen LogP contribution is -2.50. The molecule has 16 heavy (non-hydrogen) atoms.